The Morgan fingerprint density at radius 3 is 2.71 bits per heavy atom. The number of benzene rings is 2. The number of hydrogen-bond acceptors (Lipinski definition) is 3. The second kappa shape index (κ2) is 7.30. The predicted molar refractivity (Wildman–Crippen MR) is 91.8 cm³/mol. The Kier molecular flexibility index (Phi) is 4.94. The van der Waals surface area contributed by atoms with Gasteiger partial charge in [0.15, 0.2) is 0 Å². The van der Waals surface area contributed by atoms with Gasteiger partial charge in [0.25, 0.3) is 0 Å². The number of aryl methyl sites for hydroxylation is 1. The molecule has 0 saturated carbocycles. The molecule has 24 heavy (non-hydrogen) atoms. The standard InChI is InChI=1S/C20H19FO3/c1-2-3-6-14-11-20(22)24-19-12-16(9-10-17(14)19)23-13-15-7-4-5-8-18(15)21/h4-5,7-12H,2-3,6,13H2,1H3. The molecule has 0 aliphatic rings. The largest absolute Gasteiger partial charge is 0.489 e. The summed E-state index contributed by atoms with van der Waals surface area (Å²) < 4.78 is 24.6. The number of fused-ring (bicyclic) bond motifs is 1. The Balaban J connectivity index is 1.86. The second-order valence-corrected chi connectivity index (χ2v) is 5.73. The maximum atomic E-state index is 13.6. The molecule has 0 aliphatic carbocycles. The minimum absolute atomic E-state index is 0.123. The van der Waals surface area contributed by atoms with E-state index in [9.17, 15) is 9.18 Å². The van der Waals surface area contributed by atoms with E-state index in [-0.39, 0.29) is 18.0 Å². The van der Waals surface area contributed by atoms with Crippen molar-refractivity contribution in [2.24, 2.45) is 0 Å². The van der Waals surface area contributed by atoms with Crippen LogP contribution in [0.15, 0.2) is 57.7 Å². The first kappa shape index (κ1) is 16.2. The first-order chi connectivity index (χ1) is 11.7. The summed E-state index contributed by atoms with van der Waals surface area (Å²) in [5.41, 5.74) is 1.61. The molecule has 0 fully saturated rings. The normalized spacial score (nSPS) is 10.9. The van der Waals surface area contributed by atoms with Gasteiger partial charge in [-0.1, -0.05) is 31.5 Å². The van der Waals surface area contributed by atoms with Crippen LogP contribution < -0.4 is 10.4 Å². The average Bonchev–Trinajstić information content (AvgIpc) is 2.58. The zero-order valence-corrected chi connectivity index (χ0v) is 13.5. The van der Waals surface area contributed by atoms with Gasteiger partial charge in [0, 0.05) is 23.1 Å². The highest BCUT2D eigenvalue weighted by Crippen LogP contribution is 2.24. The van der Waals surface area contributed by atoms with E-state index in [0.29, 0.717) is 16.9 Å². The van der Waals surface area contributed by atoms with E-state index in [1.807, 2.05) is 12.1 Å². The third-order valence-corrected chi connectivity index (χ3v) is 3.95. The van der Waals surface area contributed by atoms with E-state index >= 15 is 0 Å². The van der Waals surface area contributed by atoms with Crippen LogP contribution in [0.5, 0.6) is 5.75 Å². The Morgan fingerprint density at radius 2 is 1.92 bits per heavy atom. The maximum absolute atomic E-state index is 13.6. The van der Waals surface area contributed by atoms with Gasteiger partial charge in [0.05, 0.1) is 0 Å². The van der Waals surface area contributed by atoms with Gasteiger partial charge in [-0.25, -0.2) is 9.18 Å². The molecule has 1 heterocycles. The minimum Gasteiger partial charge on any atom is -0.489 e. The molecule has 2 aromatic carbocycles. The molecule has 0 unspecified atom stereocenters. The Labute approximate surface area is 139 Å². The van der Waals surface area contributed by atoms with Gasteiger partial charge in [-0.15, -0.1) is 0 Å². The zero-order valence-electron chi connectivity index (χ0n) is 13.5. The van der Waals surface area contributed by atoms with E-state index < -0.39 is 0 Å². The van der Waals surface area contributed by atoms with Gasteiger partial charge < -0.3 is 9.15 Å². The van der Waals surface area contributed by atoms with Crippen molar-refractivity contribution >= 4 is 11.0 Å². The highest BCUT2D eigenvalue weighted by molar-refractivity contribution is 5.81. The summed E-state index contributed by atoms with van der Waals surface area (Å²) in [5.74, 6) is 0.244. The van der Waals surface area contributed by atoms with Crippen molar-refractivity contribution in [2.75, 3.05) is 0 Å². The van der Waals surface area contributed by atoms with E-state index in [2.05, 4.69) is 6.92 Å². The third-order valence-electron chi connectivity index (χ3n) is 3.95. The molecule has 0 atom stereocenters. The fraction of sp³-hybridized carbons (Fsp3) is 0.250. The van der Waals surface area contributed by atoms with Crippen LogP contribution in [-0.2, 0) is 13.0 Å². The lowest BCUT2D eigenvalue weighted by molar-refractivity contribution is 0.300. The maximum Gasteiger partial charge on any atom is 0.336 e. The van der Waals surface area contributed by atoms with Gasteiger partial charge in [-0.2, -0.15) is 0 Å². The molecule has 0 amide bonds. The van der Waals surface area contributed by atoms with Gasteiger partial charge >= 0.3 is 5.63 Å². The average molecular weight is 326 g/mol. The van der Waals surface area contributed by atoms with E-state index in [4.69, 9.17) is 9.15 Å². The van der Waals surface area contributed by atoms with Crippen molar-refractivity contribution in [2.45, 2.75) is 32.8 Å². The van der Waals surface area contributed by atoms with E-state index in [1.165, 1.54) is 6.07 Å². The van der Waals surface area contributed by atoms with Crippen molar-refractivity contribution in [3.63, 3.8) is 0 Å². The third kappa shape index (κ3) is 3.65. The monoisotopic (exact) mass is 326 g/mol. The molecule has 0 aliphatic heterocycles. The zero-order chi connectivity index (χ0) is 16.9. The first-order valence-electron chi connectivity index (χ1n) is 8.10. The summed E-state index contributed by atoms with van der Waals surface area (Å²) in [4.78, 5) is 11.7. The molecule has 0 spiro atoms. The molecule has 0 bridgehead atoms. The van der Waals surface area contributed by atoms with E-state index in [0.717, 1.165) is 30.2 Å². The highest BCUT2D eigenvalue weighted by atomic mass is 19.1. The van der Waals surface area contributed by atoms with Crippen LogP contribution in [-0.4, -0.2) is 0 Å². The second-order valence-electron chi connectivity index (χ2n) is 5.73. The van der Waals surface area contributed by atoms with Crippen LogP contribution in [0, 0.1) is 5.82 Å². The minimum atomic E-state index is -0.361. The van der Waals surface area contributed by atoms with Crippen molar-refractivity contribution in [1.82, 2.24) is 0 Å². The summed E-state index contributed by atoms with van der Waals surface area (Å²) in [6, 6.07) is 13.4. The first-order valence-corrected chi connectivity index (χ1v) is 8.10. The molecule has 124 valence electrons. The predicted octanol–water partition coefficient (Wildman–Crippen LogP) is 4.85. The number of unbranched alkanes of at least 4 members (excludes halogenated alkanes) is 1. The number of hydrogen-bond donors (Lipinski definition) is 0. The summed E-state index contributed by atoms with van der Waals surface area (Å²) in [6.07, 6.45) is 2.92. The van der Waals surface area contributed by atoms with Crippen molar-refractivity contribution in [3.8, 4) is 5.75 Å². The molecule has 3 aromatic rings. The molecular weight excluding hydrogens is 307 g/mol. The molecule has 3 rings (SSSR count). The van der Waals surface area contributed by atoms with E-state index in [1.54, 1.807) is 30.3 Å². The van der Waals surface area contributed by atoms with Crippen molar-refractivity contribution in [1.29, 1.82) is 0 Å². The molecule has 4 heteroatoms. The van der Waals surface area contributed by atoms with Gasteiger partial charge in [0.1, 0.15) is 23.8 Å². The fourth-order valence-electron chi connectivity index (χ4n) is 2.65. The molecule has 0 saturated heterocycles. The lowest BCUT2D eigenvalue weighted by atomic mass is 10.0. The molecule has 0 N–H and O–H groups in total. The number of halogens is 1. The van der Waals surface area contributed by atoms with Crippen LogP contribution in [0.4, 0.5) is 4.39 Å². The summed E-state index contributed by atoms with van der Waals surface area (Å²) in [7, 11) is 0. The summed E-state index contributed by atoms with van der Waals surface area (Å²) in [6.45, 7) is 2.24. The van der Waals surface area contributed by atoms with Gasteiger partial charge in [0.2, 0.25) is 0 Å². The highest BCUT2D eigenvalue weighted by Gasteiger charge is 2.08. The summed E-state index contributed by atoms with van der Waals surface area (Å²) >= 11 is 0. The van der Waals surface area contributed by atoms with Crippen LogP contribution >= 0.6 is 0 Å². The Morgan fingerprint density at radius 1 is 1.08 bits per heavy atom. The number of ether oxygens (including phenoxy) is 1. The lowest BCUT2D eigenvalue weighted by Gasteiger charge is -2.09. The number of rotatable bonds is 6. The lowest BCUT2D eigenvalue weighted by Crippen LogP contribution is -2.02. The molecule has 3 nitrogen and oxygen atoms in total. The molecule has 0 radical (unpaired) electrons. The topological polar surface area (TPSA) is 39.4 Å². The van der Waals surface area contributed by atoms with Crippen molar-refractivity contribution in [3.05, 3.63) is 75.9 Å². The Hall–Kier alpha value is -2.62. The van der Waals surface area contributed by atoms with Crippen LogP contribution in [0.1, 0.15) is 30.9 Å². The van der Waals surface area contributed by atoms with Crippen LogP contribution in [0.2, 0.25) is 0 Å². The van der Waals surface area contributed by atoms with Crippen LogP contribution in [0.25, 0.3) is 11.0 Å². The SMILES string of the molecule is CCCCc1cc(=O)oc2cc(OCc3ccccc3F)ccc12. The fourth-order valence-corrected chi connectivity index (χ4v) is 2.65. The molecular formula is C20H19FO3. The van der Waals surface area contributed by atoms with Gasteiger partial charge in [-0.05, 0) is 36.6 Å². The van der Waals surface area contributed by atoms with Crippen LogP contribution in [0.3, 0.4) is 0 Å². The Bertz CT molecular complexity index is 899. The molecule has 1 aromatic heterocycles. The quantitative estimate of drug-likeness (QED) is 0.608. The summed E-state index contributed by atoms with van der Waals surface area (Å²) in [5, 5.41) is 0.918. The van der Waals surface area contributed by atoms with Crippen molar-refractivity contribution < 1.29 is 13.5 Å². The smallest absolute Gasteiger partial charge is 0.336 e. The van der Waals surface area contributed by atoms with Gasteiger partial charge in [-0.3, -0.25) is 0 Å².